The van der Waals surface area contributed by atoms with Gasteiger partial charge in [0.05, 0.1) is 5.56 Å². The lowest BCUT2D eigenvalue weighted by Crippen LogP contribution is -2.12. The quantitative estimate of drug-likeness (QED) is 0.518. The van der Waals surface area contributed by atoms with Gasteiger partial charge in [0.25, 0.3) is 5.56 Å². The highest BCUT2D eigenvalue weighted by Gasteiger charge is 1.98. The lowest BCUT2D eigenvalue weighted by atomic mass is 10.2. The number of nitriles is 1. The molecule has 1 heterocycles. The normalized spacial score (nSPS) is 8.70. The minimum atomic E-state index is -0.418. The van der Waals surface area contributed by atoms with E-state index in [1.165, 1.54) is 12.3 Å². The molecule has 0 aromatic carbocycles. The van der Waals surface area contributed by atoms with Crippen molar-refractivity contribution in [2.45, 2.75) is 0 Å². The van der Waals surface area contributed by atoms with Crippen LogP contribution in [0.5, 0.6) is 0 Å². The Morgan fingerprint density at radius 2 is 2.40 bits per heavy atom. The number of nitrogens with zero attached hydrogens (tertiary/aromatic N) is 1. The zero-order valence-electron chi connectivity index (χ0n) is 5.09. The molecular formula is C6H5N3O. The fourth-order valence-electron chi connectivity index (χ4n) is 0.588. The van der Waals surface area contributed by atoms with Crippen LogP contribution in [0.2, 0.25) is 0 Å². The van der Waals surface area contributed by atoms with Crippen molar-refractivity contribution < 1.29 is 0 Å². The minimum absolute atomic E-state index is 0.0231. The van der Waals surface area contributed by atoms with Crippen molar-refractivity contribution in [3.8, 4) is 6.07 Å². The van der Waals surface area contributed by atoms with Gasteiger partial charge in [-0.2, -0.15) is 5.26 Å². The summed E-state index contributed by atoms with van der Waals surface area (Å²) in [5.74, 6) is 0. The third-order valence-corrected chi connectivity index (χ3v) is 1.12. The Bertz CT molecular complexity index is 334. The van der Waals surface area contributed by atoms with Crippen molar-refractivity contribution in [1.29, 1.82) is 5.26 Å². The fourth-order valence-corrected chi connectivity index (χ4v) is 0.588. The molecule has 50 valence electrons. The van der Waals surface area contributed by atoms with Gasteiger partial charge in [-0.15, -0.1) is 0 Å². The Morgan fingerprint density at radius 3 is 2.90 bits per heavy atom. The molecule has 0 saturated carbocycles. The molecule has 0 fully saturated rings. The molecule has 4 nitrogen and oxygen atoms in total. The summed E-state index contributed by atoms with van der Waals surface area (Å²) in [4.78, 5) is 13.0. The van der Waals surface area contributed by atoms with Crippen LogP contribution in [0.15, 0.2) is 17.1 Å². The van der Waals surface area contributed by atoms with Gasteiger partial charge in [-0.05, 0) is 6.07 Å². The maximum atomic E-state index is 10.7. The van der Waals surface area contributed by atoms with Gasteiger partial charge in [0, 0.05) is 6.20 Å². The summed E-state index contributed by atoms with van der Waals surface area (Å²) in [6.45, 7) is 0. The molecule has 0 amide bonds. The average molecular weight is 135 g/mol. The molecule has 0 saturated heterocycles. The molecule has 10 heavy (non-hydrogen) atoms. The number of hydrogen-bond donors (Lipinski definition) is 2. The van der Waals surface area contributed by atoms with E-state index < -0.39 is 5.56 Å². The fraction of sp³-hybridized carbons (Fsp3) is 0. The van der Waals surface area contributed by atoms with Crippen molar-refractivity contribution in [3.63, 3.8) is 0 Å². The molecule has 0 aliphatic heterocycles. The van der Waals surface area contributed by atoms with Gasteiger partial charge in [0.2, 0.25) is 0 Å². The lowest BCUT2D eigenvalue weighted by Gasteiger charge is -1.90. The Balaban J connectivity index is 3.46. The SMILES string of the molecule is N#Cc1cc[nH]c(=O)c1N. The van der Waals surface area contributed by atoms with Crippen molar-refractivity contribution in [2.75, 3.05) is 5.73 Å². The van der Waals surface area contributed by atoms with Crippen LogP contribution in [-0.4, -0.2) is 4.98 Å². The number of nitrogens with one attached hydrogen (secondary N) is 1. The standard InChI is InChI=1S/C6H5N3O/c7-3-4-1-2-9-6(10)5(4)8/h1-2H,8H2,(H,9,10). The van der Waals surface area contributed by atoms with E-state index in [0.717, 1.165) is 0 Å². The number of aromatic nitrogens is 1. The second-order valence-electron chi connectivity index (χ2n) is 1.75. The van der Waals surface area contributed by atoms with Crippen molar-refractivity contribution >= 4 is 5.69 Å². The zero-order valence-corrected chi connectivity index (χ0v) is 5.09. The van der Waals surface area contributed by atoms with E-state index >= 15 is 0 Å². The summed E-state index contributed by atoms with van der Waals surface area (Å²) < 4.78 is 0. The molecule has 0 spiro atoms. The van der Waals surface area contributed by atoms with Crippen molar-refractivity contribution in [1.82, 2.24) is 4.98 Å². The van der Waals surface area contributed by atoms with E-state index in [1.807, 2.05) is 0 Å². The molecule has 0 radical (unpaired) electrons. The first-order valence-electron chi connectivity index (χ1n) is 2.63. The largest absolute Gasteiger partial charge is 0.393 e. The van der Waals surface area contributed by atoms with Crippen molar-refractivity contribution in [2.24, 2.45) is 0 Å². The van der Waals surface area contributed by atoms with E-state index in [4.69, 9.17) is 11.0 Å². The van der Waals surface area contributed by atoms with E-state index in [2.05, 4.69) is 4.98 Å². The topological polar surface area (TPSA) is 82.7 Å². The van der Waals surface area contributed by atoms with Crippen LogP contribution in [-0.2, 0) is 0 Å². The second-order valence-corrected chi connectivity index (χ2v) is 1.75. The van der Waals surface area contributed by atoms with Gasteiger partial charge in [-0.3, -0.25) is 4.79 Å². The first-order chi connectivity index (χ1) is 4.75. The monoisotopic (exact) mass is 135 g/mol. The highest BCUT2D eigenvalue weighted by molar-refractivity contribution is 5.51. The maximum Gasteiger partial charge on any atom is 0.272 e. The van der Waals surface area contributed by atoms with Gasteiger partial charge in [0.1, 0.15) is 11.8 Å². The number of hydrogen-bond acceptors (Lipinski definition) is 3. The first kappa shape index (κ1) is 6.36. The predicted molar refractivity (Wildman–Crippen MR) is 36.2 cm³/mol. The summed E-state index contributed by atoms with van der Waals surface area (Å²) in [6, 6.07) is 3.25. The number of nitrogens with two attached hydrogens (primary N) is 1. The Hall–Kier alpha value is -1.76. The molecule has 1 aromatic rings. The van der Waals surface area contributed by atoms with Gasteiger partial charge < -0.3 is 10.7 Å². The predicted octanol–water partition coefficient (Wildman–Crippen LogP) is -0.171. The minimum Gasteiger partial charge on any atom is -0.393 e. The van der Waals surface area contributed by atoms with Crippen LogP contribution in [0.4, 0.5) is 5.69 Å². The Morgan fingerprint density at radius 1 is 1.70 bits per heavy atom. The number of aromatic amines is 1. The summed E-state index contributed by atoms with van der Waals surface area (Å²) in [5.41, 5.74) is 5.00. The molecule has 1 aromatic heterocycles. The second kappa shape index (κ2) is 2.23. The molecular weight excluding hydrogens is 130 g/mol. The van der Waals surface area contributed by atoms with Crippen molar-refractivity contribution in [3.05, 3.63) is 28.2 Å². The third kappa shape index (κ3) is 0.845. The zero-order chi connectivity index (χ0) is 7.56. The highest BCUT2D eigenvalue weighted by Crippen LogP contribution is 1.99. The van der Waals surface area contributed by atoms with Gasteiger partial charge in [-0.25, -0.2) is 0 Å². The Kier molecular flexibility index (Phi) is 1.42. The molecule has 0 unspecified atom stereocenters. The Labute approximate surface area is 56.9 Å². The van der Waals surface area contributed by atoms with Gasteiger partial charge in [0.15, 0.2) is 0 Å². The van der Waals surface area contributed by atoms with E-state index in [9.17, 15) is 4.79 Å². The molecule has 0 aliphatic rings. The number of pyridine rings is 1. The summed E-state index contributed by atoms with van der Waals surface area (Å²) in [6.07, 6.45) is 1.39. The van der Waals surface area contributed by atoms with Crippen LogP contribution in [0.25, 0.3) is 0 Å². The first-order valence-corrected chi connectivity index (χ1v) is 2.63. The molecule has 0 aliphatic carbocycles. The average Bonchev–Trinajstić information content (AvgIpc) is 1.95. The third-order valence-electron chi connectivity index (χ3n) is 1.12. The van der Waals surface area contributed by atoms with Crippen LogP contribution in [0.3, 0.4) is 0 Å². The molecule has 1 rings (SSSR count). The van der Waals surface area contributed by atoms with Crippen LogP contribution < -0.4 is 11.3 Å². The number of anilines is 1. The van der Waals surface area contributed by atoms with E-state index in [0.29, 0.717) is 0 Å². The molecule has 3 N–H and O–H groups in total. The maximum absolute atomic E-state index is 10.7. The summed E-state index contributed by atoms with van der Waals surface area (Å²) >= 11 is 0. The molecule has 0 bridgehead atoms. The highest BCUT2D eigenvalue weighted by atomic mass is 16.1. The molecule has 0 atom stereocenters. The number of H-pyrrole nitrogens is 1. The lowest BCUT2D eigenvalue weighted by molar-refractivity contribution is 1.23. The summed E-state index contributed by atoms with van der Waals surface area (Å²) in [5, 5.41) is 8.36. The van der Waals surface area contributed by atoms with E-state index in [-0.39, 0.29) is 11.3 Å². The number of rotatable bonds is 0. The summed E-state index contributed by atoms with van der Waals surface area (Å²) in [7, 11) is 0. The molecule has 4 heteroatoms. The number of nitrogen functional groups attached to an aromatic ring is 1. The smallest absolute Gasteiger partial charge is 0.272 e. The van der Waals surface area contributed by atoms with Gasteiger partial charge in [-0.1, -0.05) is 0 Å². The van der Waals surface area contributed by atoms with Gasteiger partial charge >= 0.3 is 0 Å². The van der Waals surface area contributed by atoms with Crippen LogP contribution in [0.1, 0.15) is 5.56 Å². The van der Waals surface area contributed by atoms with E-state index in [1.54, 1.807) is 6.07 Å². The van der Waals surface area contributed by atoms with Crippen LogP contribution in [0, 0.1) is 11.3 Å². The van der Waals surface area contributed by atoms with Crippen LogP contribution >= 0.6 is 0 Å².